The monoisotopic (exact) mass is 589 g/mol. The number of carbonyl (C=O) groups is 2. The van der Waals surface area contributed by atoms with Crippen LogP contribution in [-0.4, -0.2) is 56.2 Å². The van der Waals surface area contributed by atoms with Crippen molar-refractivity contribution in [1.82, 2.24) is 4.90 Å². The zero-order valence-corrected chi connectivity index (χ0v) is 24.4. The Morgan fingerprint density at radius 2 is 1.79 bits per heavy atom. The number of carbonyl (C=O) groups excluding carboxylic acids is 2. The first-order valence-corrected chi connectivity index (χ1v) is 16.2. The molecule has 3 aromatic carbocycles. The minimum atomic E-state index is -3.43. The van der Waals surface area contributed by atoms with Crippen LogP contribution in [0.15, 0.2) is 66.7 Å². The Kier molecular flexibility index (Phi) is 7.67. The summed E-state index contributed by atoms with van der Waals surface area (Å²) in [6.45, 7) is 1.93. The molecule has 0 aromatic heterocycles. The molecule has 2 aliphatic heterocycles. The molecule has 0 bridgehead atoms. The van der Waals surface area contributed by atoms with E-state index in [9.17, 15) is 18.0 Å². The van der Waals surface area contributed by atoms with Crippen molar-refractivity contribution in [1.29, 1.82) is 0 Å². The van der Waals surface area contributed by atoms with Gasteiger partial charge in [0.15, 0.2) is 5.78 Å². The van der Waals surface area contributed by atoms with Gasteiger partial charge in [0, 0.05) is 43.3 Å². The van der Waals surface area contributed by atoms with Gasteiger partial charge in [0.1, 0.15) is 18.0 Å². The Bertz CT molecular complexity index is 1600. The van der Waals surface area contributed by atoms with Crippen molar-refractivity contribution < 1.29 is 27.5 Å². The summed E-state index contributed by atoms with van der Waals surface area (Å²) in [6, 6.07) is 21.0. The number of rotatable bonds is 6. The summed E-state index contributed by atoms with van der Waals surface area (Å²) < 4.78 is 37.4. The first-order valence-electron chi connectivity index (χ1n) is 14.3. The third kappa shape index (κ3) is 6.44. The minimum absolute atomic E-state index is 0.0122. The number of hydrogen-bond acceptors (Lipinski definition) is 7. The number of likely N-dealkylation sites (tertiary alicyclic amines) is 1. The summed E-state index contributed by atoms with van der Waals surface area (Å²) in [5, 5.41) is 2.85. The van der Waals surface area contributed by atoms with Crippen molar-refractivity contribution in [2.75, 3.05) is 29.4 Å². The molecule has 2 heterocycles. The summed E-state index contributed by atoms with van der Waals surface area (Å²) in [5.74, 6) is 0.514. The molecule has 1 saturated heterocycles. The van der Waals surface area contributed by atoms with Crippen LogP contribution in [0.2, 0.25) is 0 Å². The molecule has 42 heavy (non-hydrogen) atoms. The second-order valence-corrected chi connectivity index (χ2v) is 13.3. The van der Waals surface area contributed by atoms with Crippen LogP contribution in [0, 0.1) is 0 Å². The first-order chi connectivity index (χ1) is 20.1. The van der Waals surface area contributed by atoms with E-state index in [2.05, 4.69) is 27.1 Å². The lowest BCUT2D eigenvalue weighted by Gasteiger charge is -2.46. The molecule has 1 fully saturated rings. The van der Waals surface area contributed by atoms with Crippen LogP contribution < -0.4 is 14.8 Å². The zero-order valence-electron chi connectivity index (χ0n) is 23.6. The third-order valence-corrected chi connectivity index (χ3v) is 9.09. The number of sulfonamides is 1. The molecule has 1 aliphatic carbocycles. The fraction of sp³-hybridized carbons (Fsp3) is 0.375. The molecular formula is C32H35N3O6S. The van der Waals surface area contributed by atoms with Crippen LogP contribution in [0.25, 0.3) is 0 Å². The van der Waals surface area contributed by atoms with Gasteiger partial charge in [-0.25, -0.2) is 13.2 Å². The summed E-state index contributed by atoms with van der Waals surface area (Å²) in [6.07, 6.45) is 5.35. The second-order valence-electron chi connectivity index (χ2n) is 11.6. The molecule has 3 aliphatic rings. The van der Waals surface area contributed by atoms with Crippen LogP contribution in [0.4, 0.5) is 16.2 Å². The average molecular weight is 590 g/mol. The van der Waals surface area contributed by atoms with Gasteiger partial charge in [0.25, 0.3) is 0 Å². The molecule has 220 valence electrons. The highest BCUT2D eigenvalue weighted by Gasteiger charge is 2.44. The number of fused-ring (bicyclic) bond motifs is 2. The van der Waals surface area contributed by atoms with Crippen molar-refractivity contribution in [3.05, 3.63) is 89.0 Å². The van der Waals surface area contributed by atoms with Gasteiger partial charge in [0.05, 0.1) is 18.2 Å². The van der Waals surface area contributed by atoms with Crippen LogP contribution in [0.3, 0.4) is 0 Å². The van der Waals surface area contributed by atoms with Gasteiger partial charge in [-0.15, -0.1) is 0 Å². The highest BCUT2D eigenvalue weighted by molar-refractivity contribution is 7.92. The first kappa shape index (κ1) is 28.2. The molecular weight excluding hydrogens is 554 g/mol. The molecule has 1 spiro atoms. The Morgan fingerprint density at radius 1 is 1.02 bits per heavy atom. The number of ether oxygens (including phenoxy) is 2. The van der Waals surface area contributed by atoms with Crippen LogP contribution in [0.5, 0.6) is 5.75 Å². The molecule has 0 unspecified atom stereocenters. The lowest BCUT2D eigenvalue weighted by molar-refractivity contribution is -0.0200. The normalized spacial score (nSPS) is 19.7. The summed E-state index contributed by atoms with van der Waals surface area (Å²) in [5.41, 5.74) is 4.51. The standard InChI is InChI=1S/C32H35N3O6S/c1-42(38,39)34-26-10-12-30-28(19-26)29(36)20-32(41-30)13-15-35(16-14-32)27-11-8-23-17-25(9-7-24(23)18-27)33-31(37)40-21-22-5-3-2-4-6-22/h2-7,9-10,12,17,19,27,34H,8,11,13-16,18,20-21H2,1H3,(H,33,37)/t27-/m1/s1. The number of Topliss-reactive ketones (excluding diaryl/α,β-unsaturated/α-hetero) is 1. The van der Waals surface area contributed by atoms with Gasteiger partial charge in [-0.2, -0.15) is 0 Å². The Morgan fingerprint density at radius 3 is 2.55 bits per heavy atom. The minimum Gasteiger partial charge on any atom is -0.486 e. The number of piperidine rings is 1. The number of aryl methyl sites for hydroxylation is 1. The van der Waals surface area contributed by atoms with Crippen molar-refractivity contribution in [2.45, 2.75) is 56.8 Å². The van der Waals surface area contributed by atoms with E-state index in [1.807, 2.05) is 36.4 Å². The highest BCUT2D eigenvalue weighted by Crippen LogP contribution is 2.41. The second kappa shape index (κ2) is 11.4. The van der Waals surface area contributed by atoms with Gasteiger partial charge in [0.2, 0.25) is 10.0 Å². The maximum absolute atomic E-state index is 13.1. The van der Waals surface area contributed by atoms with Crippen molar-refractivity contribution >= 4 is 33.3 Å². The number of ketones is 1. The van der Waals surface area contributed by atoms with Crippen molar-refractivity contribution in [3.8, 4) is 5.75 Å². The summed E-state index contributed by atoms with van der Waals surface area (Å²) in [7, 11) is -3.43. The number of anilines is 2. The molecule has 10 heteroatoms. The number of benzene rings is 3. The molecule has 0 radical (unpaired) electrons. The largest absolute Gasteiger partial charge is 0.486 e. The van der Waals surface area contributed by atoms with E-state index in [4.69, 9.17) is 9.47 Å². The lowest BCUT2D eigenvalue weighted by atomic mass is 9.80. The molecule has 1 atom stereocenters. The summed E-state index contributed by atoms with van der Waals surface area (Å²) >= 11 is 0. The fourth-order valence-corrected chi connectivity index (χ4v) is 6.90. The smallest absolute Gasteiger partial charge is 0.411 e. The molecule has 9 nitrogen and oxygen atoms in total. The third-order valence-electron chi connectivity index (χ3n) is 8.49. The zero-order chi connectivity index (χ0) is 29.3. The maximum Gasteiger partial charge on any atom is 0.411 e. The van der Waals surface area contributed by atoms with E-state index >= 15 is 0 Å². The highest BCUT2D eigenvalue weighted by atomic mass is 32.2. The van der Waals surface area contributed by atoms with Crippen molar-refractivity contribution in [3.63, 3.8) is 0 Å². The molecule has 2 N–H and O–H groups in total. The fourth-order valence-electron chi connectivity index (χ4n) is 6.35. The summed E-state index contributed by atoms with van der Waals surface area (Å²) in [4.78, 5) is 27.9. The SMILES string of the molecule is CS(=O)(=O)Nc1ccc2c(c1)C(=O)CC1(CCN([C@@H]3CCc4cc(NC(=O)OCc5ccccc5)ccc4C3)CC1)O2. The molecule has 0 saturated carbocycles. The average Bonchev–Trinajstić information content (AvgIpc) is 2.96. The van der Waals surface area contributed by atoms with Gasteiger partial charge in [-0.3, -0.25) is 19.7 Å². The number of hydrogen-bond donors (Lipinski definition) is 2. The maximum atomic E-state index is 13.1. The van der Waals surface area contributed by atoms with E-state index in [0.717, 1.165) is 62.7 Å². The Labute approximate surface area is 246 Å². The van der Waals surface area contributed by atoms with Crippen molar-refractivity contribution in [2.24, 2.45) is 0 Å². The van der Waals surface area contributed by atoms with Gasteiger partial charge < -0.3 is 9.47 Å². The number of nitrogens with zero attached hydrogens (tertiary/aromatic N) is 1. The van der Waals surface area contributed by atoms with Gasteiger partial charge in [-0.1, -0.05) is 36.4 Å². The lowest BCUT2D eigenvalue weighted by Crippen LogP contribution is -2.54. The predicted octanol–water partition coefficient (Wildman–Crippen LogP) is 5.16. The topological polar surface area (TPSA) is 114 Å². The van der Waals surface area contributed by atoms with Gasteiger partial charge >= 0.3 is 6.09 Å². The van der Waals surface area contributed by atoms with E-state index in [1.165, 1.54) is 11.1 Å². The molecule has 3 aromatic rings. The Hall–Kier alpha value is -3.89. The van der Waals surface area contributed by atoms with E-state index < -0.39 is 21.7 Å². The van der Waals surface area contributed by atoms with Gasteiger partial charge in [-0.05, 0) is 66.3 Å². The van der Waals surface area contributed by atoms with Crippen LogP contribution >= 0.6 is 0 Å². The Balaban J connectivity index is 1.03. The quantitative estimate of drug-likeness (QED) is 0.408. The molecule has 6 rings (SSSR count). The number of nitrogens with one attached hydrogen (secondary N) is 2. The van der Waals surface area contributed by atoms with Crippen LogP contribution in [0.1, 0.15) is 52.7 Å². The predicted molar refractivity (Wildman–Crippen MR) is 161 cm³/mol. The number of amides is 1. The van der Waals surface area contributed by atoms with E-state index in [0.29, 0.717) is 29.5 Å². The van der Waals surface area contributed by atoms with Crippen LogP contribution in [-0.2, 0) is 34.2 Å². The van der Waals surface area contributed by atoms with E-state index in [1.54, 1.807) is 18.2 Å². The molecule has 1 amide bonds. The van der Waals surface area contributed by atoms with E-state index in [-0.39, 0.29) is 12.4 Å².